The molecular formula is C38H38O7. The first kappa shape index (κ1) is 30.9. The zero-order valence-electron chi connectivity index (χ0n) is 25.1. The van der Waals surface area contributed by atoms with Crippen molar-refractivity contribution in [3.8, 4) is 0 Å². The van der Waals surface area contributed by atoms with Crippen LogP contribution in [0.2, 0.25) is 0 Å². The fraction of sp³-hybridized carbons (Fsp3) is 0.289. The number of hydrogen-bond donors (Lipinski definition) is 0. The molecule has 0 aromatic heterocycles. The third-order valence-corrected chi connectivity index (χ3v) is 7.92. The van der Waals surface area contributed by atoms with Crippen molar-refractivity contribution in [3.63, 3.8) is 0 Å². The summed E-state index contributed by atoms with van der Waals surface area (Å²) in [5, 5.41) is 0. The van der Waals surface area contributed by atoms with E-state index in [9.17, 15) is 4.79 Å². The molecule has 6 rings (SSSR count). The van der Waals surface area contributed by atoms with Crippen molar-refractivity contribution in [3.05, 3.63) is 156 Å². The third kappa shape index (κ3) is 8.54. The van der Waals surface area contributed by atoms with Crippen LogP contribution in [-0.2, 0) is 59.6 Å². The van der Waals surface area contributed by atoms with Crippen LogP contribution in [0, 0.1) is 0 Å². The lowest BCUT2D eigenvalue weighted by atomic mass is 9.91. The maximum Gasteiger partial charge on any atom is 0.331 e. The van der Waals surface area contributed by atoms with E-state index in [1.54, 1.807) is 6.08 Å². The van der Waals surface area contributed by atoms with Crippen LogP contribution in [0.25, 0.3) is 0 Å². The van der Waals surface area contributed by atoms with Gasteiger partial charge in [0, 0.05) is 6.08 Å². The molecule has 0 saturated carbocycles. The van der Waals surface area contributed by atoms with Gasteiger partial charge in [-0.25, -0.2) is 4.79 Å². The molecule has 4 aromatic carbocycles. The Morgan fingerprint density at radius 3 is 1.44 bits per heavy atom. The first-order chi connectivity index (χ1) is 22.2. The SMILES string of the molecule is O=C1C=C[C@H]([C@H]2O[C@H](COCc3ccccc3)[C@@H](OCc3ccccc3)[C@H](OCc3ccccc3)[C@H]2OCc2ccccc2)O1. The lowest BCUT2D eigenvalue weighted by Crippen LogP contribution is -2.63. The van der Waals surface area contributed by atoms with E-state index < -0.39 is 42.6 Å². The molecule has 0 N–H and O–H groups in total. The van der Waals surface area contributed by atoms with Crippen molar-refractivity contribution < 1.29 is 33.2 Å². The van der Waals surface area contributed by atoms with Crippen molar-refractivity contribution in [2.45, 2.75) is 63.1 Å². The number of carbonyl (C=O) groups excluding carboxylic acids is 1. The number of hydrogen-bond acceptors (Lipinski definition) is 7. The summed E-state index contributed by atoms with van der Waals surface area (Å²) in [7, 11) is 0. The molecular weight excluding hydrogens is 568 g/mol. The Morgan fingerprint density at radius 2 is 0.978 bits per heavy atom. The van der Waals surface area contributed by atoms with Gasteiger partial charge < -0.3 is 28.4 Å². The average molecular weight is 607 g/mol. The molecule has 2 heterocycles. The molecule has 2 aliphatic rings. The number of rotatable bonds is 14. The van der Waals surface area contributed by atoms with Gasteiger partial charge in [0.1, 0.15) is 36.6 Å². The van der Waals surface area contributed by atoms with Crippen molar-refractivity contribution >= 4 is 5.97 Å². The third-order valence-electron chi connectivity index (χ3n) is 7.92. The molecule has 4 aromatic rings. The fourth-order valence-electron chi connectivity index (χ4n) is 5.65. The van der Waals surface area contributed by atoms with Crippen LogP contribution < -0.4 is 0 Å². The summed E-state index contributed by atoms with van der Waals surface area (Å²) >= 11 is 0. The number of ether oxygens (including phenoxy) is 6. The molecule has 2 aliphatic heterocycles. The van der Waals surface area contributed by atoms with Crippen molar-refractivity contribution in [1.29, 1.82) is 0 Å². The van der Waals surface area contributed by atoms with Gasteiger partial charge in [-0.05, 0) is 28.3 Å². The minimum Gasteiger partial charge on any atom is -0.452 e. The Labute approximate surface area is 264 Å². The topological polar surface area (TPSA) is 72.5 Å². The first-order valence-corrected chi connectivity index (χ1v) is 15.4. The highest BCUT2D eigenvalue weighted by molar-refractivity contribution is 5.84. The maximum absolute atomic E-state index is 12.2. The average Bonchev–Trinajstić information content (AvgIpc) is 3.53. The van der Waals surface area contributed by atoms with Crippen LogP contribution in [0.4, 0.5) is 0 Å². The van der Waals surface area contributed by atoms with Gasteiger partial charge >= 0.3 is 5.97 Å². The maximum atomic E-state index is 12.2. The van der Waals surface area contributed by atoms with Gasteiger partial charge in [-0.3, -0.25) is 0 Å². The van der Waals surface area contributed by atoms with E-state index in [1.807, 2.05) is 121 Å². The lowest BCUT2D eigenvalue weighted by molar-refractivity contribution is -0.283. The lowest BCUT2D eigenvalue weighted by Gasteiger charge is -2.47. The van der Waals surface area contributed by atoms with E-state index in [2.05, 4.69) is 0 Å². The second kappa shape index (κ2) is 15.8. The predicted molar refractivity (Wildman–Crippen MR) is 169 cm³/mol. The van der Waals surface area contributed by atoms with Gasteiger partial charge in [0.15, 0.2) is 0 Å². The Balaban J connectivity index is 1.31. The van der Waals surface area contributed by atoms with E-state index in [-0.39, 0.29) is 6.61 Å². The second-order valence-corrected chi connectivity index (χ2v) is 11.2. The number of benzene rings is 4. The zero-order chi connectivity index (χ0) is 30.7. The predicted octanol–water partition coefficient (Wildman–Crippen LogP) is 6.21. The van der Waals surface area contributed by atoms with Gasteiger partial charge in [0.25, 0.3) is 0 Å². The Bertz CT molecular complexity index is 1480. The van der Waals surface area contributed by atoms with Gasteiger partial charge in [-0.15, -0.1) is 0 Å². The molecule has 0 amide bonds. The monoisotopic (exact) mass is 606 g/mol. The summed E-state index contributed by atoms with van der Waals surface area (Å²) in [5.74, 6) is -0.411. The van der Waals surface area contributed by atoms with Gasteiger partial charge in [-0.2, -0.15) is 0 Å². The minimum absolute atomic E-state index is 0.242. The van der Waals surface area contributed by atoms with Gasteiger partial charge in [0.2, 0.25) is 0 Å². The zero-order valence-corrected chi connectivity index (χ0v) is 25.1. The largest absolute Gasteiger partial charge is 0.452 e. The van der Waals surface area contributed by atoms with E-state index in [1.165, 1.54) is 6.08 Å². The molecule has 0 bridgehead atoms. The fourth-order valence-corrected chi connectivity index (χ4v) is 5.65. The minimum atomic E-state index is -0.654. The van der Waals surface area contributed by atoms with Crippen LogP contribution in [0.1, 0.15) is 22.3 Å². The molecule has 0 unspecified atom stereocenters. The highest BCUT2D eigenvalue weighted by atomic mass is 16.6. The van der Waals surface area contributed by atoms with E-state index in [0.29, 0.717) is 26.4 Å². The molecule has 0 radical (unpaired) electrons. The summed E-state index contributed by atoms with van der Waals surface area (Å²) in [5.41, 5.74) is 4.11. The summed E-state index contributed by atoms with van der Waals surface area (Å²) in [6.07, 6.45) is -0.425. The van der Waals surface area contributed by atoms with Crippen LogP contribution in [-0.4, -0.2) is 49.2 Å². The molecule has 0 aliphatic carbocycles. The molecule has 6 atom stereocenters. The Morgan fingerprint density at radius 1 is 0.533 bits per heavy atom. The number of carbonyl (C=O) groups is 1. The molecule has 7 nitrogen and oxygen atoms in total. The molecule has 0 spiro atoms. The number of esters is 1. The first-order valence-electron chi connectivity index (χ1n) is 15.4. The van der Waals surface area contributed by atoms with Crippen LogP contribution >= 0.6 is 0 Å². The standard InChI is InChI=1S/C38H38O7/c39-34-22-21-32(44-34)36-38(43-26-31-19-11-4-12-20-31)37(42-25-30-17-9-3-10-18-30)35(41-24-29-15-7-2-8-16-29)33(45-36)27-40-23-28-13-5-1-6-14-28/h1-22,32-33,35-38H,23-27H2/t32-,33-,35-,36-,37+,38+/m1/s1. The summed E-state index contributed by atoms with van der Waals surface area (Å²) in [6, 6.07) is 40.0. The van der Waals surface area contributed by atoms with E-state index in [0.717, 1.165) is 22.3 Å². The van der Waals surface area contributed by atoms with Crippen molar-refractivity contribution in [2.75, 3.05) is 6.61 Å². The quantitative estimate of drug-likeness (QED) is 0.158. The molecule has 1 saturated heterocycles. The van der Waals surface area contributed by atoms with Crippen LogP contribution in [0.5, 0.6) is 0 Å². The summed E-state index contributed by atoms with van der Waals surface area (Å²) < 4.78 is 38.7. The highest BCUT2D eigenvalue weighted by Crippen LogP contribution is 2.34. The summed E-state index contributed by atoms with van der Waals surface area (Å²) in [4.78, 5) is 12.2. The molecule has 232 valence electrons. The smallest absolute Gasteiger partial charge is 0.331 e. The molecule has 45 heavy (non-hydrogen) atoms. The molecule has 1 fully saturated rings. The van der Waals surface area contributed by atoms with E-state index >= 15 is 0 Å². The normalized spacial score (nSPS) is 24.4. The Kier molecular flexibility index (Phi) is 10.8. The number of cyclic esters (lactones) is 1. The summed E-state index contributed by atoms with van der Waals surface area (Å²) in [6.45, 7) is 1.67. The molecule has 7 heteroatoms. The highest BCUT2D eigenvalue weighted by Gasteiger charge is 2.51. The Hall–Kier alpha value is -4.11. The van der Waals surface area contributed by atoms with Gasteiger partial charge in [-0.1, -0.05) is 121 Å². The van der Waals surface area contributed by atoms with Crippen LogP contribution in [0.15, 0.2) is 133 Å². The van der Waals surface area contributed by atoms with Crippen LogP contribution in [0.3, 0.4) is 0 Å². The van der Waals surface area contributed by atoms with Crippen molar-refractivity contribution in [1.82, 2.24) is 0 Å². The second-order valence-electron chi connectivity index (χ2n) is 11.2. The van der Waals surface area contributed by atoms with E-state index in [4.69, 9.17) is 28.4 Å². The van der Waals surface area contributed by atoms with Gasteiger partial charge in [0.05, 0.1) is 33.0 Å². The van der Waals surface area contributed by atoms with Crippen molar-refractivity contribution in [2.24, 2.45) is 0 Å².